The largest absolute Gasteiger partial charge is 0.461 e. The van der Waals surface area contributed by atoms with E-state index in [-0.39, 0.29) is 11.3 Å². The number of carbonyl (C=O) groups excluding carboxylic acids is 1. The number of amides is 1. The first-order valence-electron chi connectivity index (χ1n) is 7.46. The first kappa shape index (κ1) is 16.6. The zero-order chi connectivity index (χ0) is 17.3. The quantitative estimate of drug-likeness (QED) is 0.597. The molecule has 0 bridgehead atoms. The van der Waals surface area contributed by atoms with Gasteiger partial charge in [-0.25, -0.2) is 0 Å². The molecule has 0 saturated heterocycles. The second kappa shape index (κ2) is 6.72. The molecule has 1 aliphatic rings. The monoisotopic (exact) mass is 360 g/mol. The summed E-state index contributed by atoms with van der Waals surface area (Å²) in [5.74, 6) is 1.83. The Morgan fingerprint density at radius 1 is 1.33 bits per heavy atom. The highest BCUT2D eigenvalue weighted by molar-refractivity contribution is 6.40. The number of nitriles is 1. The molecule has 1 aliphatic carbocycles. The maximum absolute atomic E-state index is 12.3. The standard InChI is InChI=1S/C18H14Cl2N2O2/c1-10-7-13(10)16-6-5-12(24-16)8-11(9-21)18(23)22-17-14(19)3-2-4-15(17)20/h2-6,8,10,13H,7H2,1H3,(H,22,23)/b11-8+/t10-,13+/m1/s1. The summed E-state index contributed by atoms with van der Waals surface area (Å²) in [5, 5.41) is 12.4. The van der Waals surface area contributed by atoms with Crippen LogP contribution in [0.1, 0.15) is 30.8 Å². The van der Waals surface area contributed by atoms with E-state index >= 15 is 0 Å². The van der Waals surface area contributed by atoms with Gasteiger partial charge in [-0.15, -0.1) is 0 Å². The highest BCUT2D eigenvalue weighted by Gasteiger charge is 2.36. The van der Waals surface area contributed by atoms with Gasteiger partial charge in [0.1, 0.15) is 23.2 Å². The summed E-state index contributed by atoms with van der Waals surface area (Å²) in [7, 11) is 0. The van der Waals surface area contributed by atoms with Crippen LogP contribution in [0.15, 0.2) is 40.3 Å². The normalized spacial score (nSPS) is 19.7. The van der Waals surface area contributed by atoms with E-state index in [2.05, 4.69) is 12.2 Å². The maximum Gasteiger partial charge on any atom is 0.266 e. The van der Waals surface area contributed by atoms with Gasteiger partial charge >= 0.3 is 0 Å². The van der Waals surface area contributed by atoms with Crippen LogP contribution in [0.2, 0.25) is 10.0 Å². The Morgan fingerprint density at radius 2 is 2.00 bits per heavy atom. The molecular weight excluding hydrogens is 347 g/mol. The molecular formula is C18H14Cl2N2O2. The fourth-order valence-corrected chi connectivity index (χ4v) is 2.94. The molecule has 1 fully saturated rings. The summed E-state index contributed by atoms with van der Waals surface area (Å²) in [6.45, 7) is 2.16. The van der Waals surface area contributed by atoms with Gasteiger partial charge in [-0.05, 0) is 36.6 Å². The molecule has 0 radical (unpaired) electrons. The smallest absolute Gasteiger partial charge is 0.266 e. The van der Waals surface area contributed by atoms with E-state index in [4.69, 9.17) is 27.6 Å². The van der Waals surface area contributed by atoms with Crippen LogP contribution < -0.4 is 5.32 Å². The number of hydrogen-bond donors (Lipinski definition) is 1. The van der Waals surface area contributed by atoms with Gasteiger partial charge in [0.05, 0.1) is 15.7 Å². The Hall–Kier alpha value is -2.22. The fraction of sp³-hybridized carbons (Fsp3) is 0.222. The zero-order valence-corrected chi connectivity index (χ0v) is 14.4. The van der Waals surface area contributed by atoms with Gasteiger partial charge in [-0.3, -0.25) is 4.79 Å². The van der Waals surface area contributed by atoms with E-state index < -0.39 is 5.91 Å². The summed E-state index contributed by atoms with van der Waals surface area (Å²) in [6, 6.07) is 10.4. The lowest BCUT2D eigenvalue weighted by molar-refractivity contribution is -0.112. The zero-order valence-electron chi connectivity index (χ0n) is 12.8. The molecule has 0 unspecified atom stereocenters. The average Bonchev–Trinajstić information content (AvgIpc) is 3.09. The summed E-state index contributed by atoms with van der Waals surface area (Å²) in [4.78, 5) is 12.3. The number of para-hydroxylation sites is 1. The Bertz CT molecular complexity index is 844. The van der Waals surface area contributed by atoms with Gasteiger partial charge in [0.2, 0.25) is 0 Å². The summed E-state index contributed by atoms with van der Waals surface area (Å²) >= 11 is 12.0. The minimum atomic E-state index is -0.592. The third kappa shape index (κ3) is 3.48. The number of benzene rings is 1. The molecule has 2 aromatic rings. The Morgan fingerprint density at radius 3 is 2.58 bits per heavy atom. The second-order valence-electron chi connectivity index (χ2n) is 5.78. The van der Waals surface area contributed by atoms with Crippen molar-refractivity contribution in [3.63, 3.8) is 0 Å². The van der Waals surface area contributed by atoms with Crippen molar-refractivity contribution in [3.05, 3.63) is 57.5 Å². The number of hydrogen-bond acceptors (Lipinski definition) is 3. The number of nitrogens with zero attached hydrogens (tertiary/aromatic N) is 1. The van der Waals surface area contributed by atoms with Crippen molar-refractivity contribution >= 4 is 40.9 Å². The van der Waals surface area contributed by atoms with E-state index in [9.17, 15) is 10.1 Å². The van der Waals surface area contributed by atoms with Gasteiger partial charge in [-0.1, -0.05) is 36.2 Å². The fourth-order valence-electron chi connectivity index (χ4n) is 2.45. The van der Waals surface area contributed by atoms with Crippen molar-refractivity contribution in [2.45, 2.75) is 19.3 Å². The molecule has 3 rings (SSSR count). The van der Waals surface area contributed by atoms with Crippen molar-refractivity contribution in [3.8, 4) is 6.07 Å². The van der Waals surface area contributed by atoms with Crippen LogP contribution >= 0.6 is 23.2 Å². The van der Waals surface area contributed by atoms with Crippen LogP contribution in [0.5, 0.6) is 0 Å². The van der Waals surface area contributed by atoms with E-state index in [0.29, 0.717) is 27.6 Å². The Labute approximate surface area is 149 Å². The van der Waals surface area contributed by atoms with Gasteiger partial charge < -0.3 is 9.73 Å². The van der Waals surface area contributed by atoms with Crippen molar-refractivity contribution in [2.24, 2.45) is 5.92 Å². The van der Waals surface area contributed by atoms with Gasteiger partial charge in [0.25, 0.3) is 5.91 Å². The summed E-state index contributed by atoms with van der Waals surface area (Å²) in [6.07, 6.45) is 2.52. The molecule has 6 heteroatoms. The molecule has 1 aromatic heterocycles. The van der Waals surface area contributed by atoms with E-state index in [0.717, 1.165) is 12.2 Å². The third-order valence-corrected chi connectivity index (χ3v) is 4.61. The predicted molar refractivity (Wildman–Crippen MR) is 93.9 cm³/mol. The molecule has 2 atom stereocenters. The molecule has 1 N–H and O–H groups in total. The predicted octanol–water partition coefficient (Wildman–Crippen LogP) is 5.26. The first-order valence-corrected chi connectivity index (χ1v) is 8.22. The van der Waals surface area contributed by atoms with Crippen LogP contribution in [-0.2, 0) is 4.79 Å². The highest BCUT2D eigenvalue weighted by atomic mass is 35.5. The lowest BCUT2D eigenvalue weighted by Gasteiger charge is -2.08. The second-order valence-corrected chi connectivity index (χ2v) is 6.59. The number of nitrogens with one attached hydrogen (secondary N) is 1. The third-order valence-electron chi connectivity index (χ3n) is 3.98. The lowest BCUT2D eigenvalue weighted by Crippen LogP contribution is -2.14. The molecule has 0 aliphatic heterocycles. The topological polar surface area (TPSA) is 66.0 Å². The minimum Gasteiger partial charge on any atom is -0.461 e. The molecule has 122 valence electrons. The first-order chi connectivity index (χ1) is 11.5. The molecule has 1 saturated carbocycles. The van der Waals surface area contributed by atoms with Gasteiger partial charge in [0, 0.05) is 12.0 Å². The lowest BCUT2D eigenvalue weighted by atomic mass is 10.2. The van der Waals surface area contributed by atoms with Crippen molar-refractivity contribution < 1.29 is 9.21 Å². The average molecular weight is 361 g/mol. The summed E-state index contributed by atoms with van der Waals surface area (Å²) in [5.41, 5.74) is 0.189. The van der Waals surface area contributed by atoms with Crippen molar-refractivity contribution in [2.75, 3.05) is 5.32 Å². The van der Waals surface area contributed by atoms with Gasteiger partial charge in [0.15, 0.2) is 0 Å². The number of carbonyl (C=O) groups is 1. The highest BCUT2D eigenvalue weighted by Crippen LogP contribution is 2.47. The molecule has 1 amide bonds. The van der Waals surface area contributed by atoms with E-state index in [1.165, 1.54) is 6.08 Å². The number of furan rings is 1. The van der Waals surface area contributed by atoms with Crippen LogP contribution in [0, 0.1) is 17.2 Å². The molecule has 1 aromatic carbocycles. The van der Waals surface area contributed by atoms with Gasteiger partial charge in [-0.2, -0.15) is 5.26 Å². The summed E-state index contributed by atoms with van der Waals surface area (Å²) < 4.78 is 5.70. The molecule has 0 spiro atoms. The number of halogens is 2. The van der Waals surface area contributed by atoms with E-state index in [1.807, 2.05) is 12.1 Å². The number of anilines is 1. The van der Waals surface area contributed by atoms with E-state index in [1.54, 1.807) is 24.3 Å². The SMILES string of the molecule is C[C@@H]1C[C@@H]1c1ccc(/C=C(\C#N)C(=O)Nc2c(Cl)cccc2Cl)o1. The molecule has 24 heavy (non-hydrogen) atoms. The van der Waals surface area contributed by atoms with Crippen molar-refractivity contribution in [1.82, 2.24) is 0 Å². The Balaban J connectivity index is 1.79. The number of rotatable bonds is 4. The molecule has 1 heterocycles. The van der Waals surface area contributed by atoms with Crippen LogP contribution in [-0.4, -0.2) is 5.91 Å². The Kier molecular flexibility index (Phi) is 4.66. The van der Waals surface area contributed by atoms with Crippen LogP contribution in [0.4, 0.5) is 5.69 Å². The van der Waals surface area contributed by atoms with Crippen LogP contribution in [0.3, 0.4) is 0 Å². The maximum atomic E-state index is 12.3. The minimum absolute atomic E-state index is 0.0873. The molecule has 4 nitrogen and oxygen atoms in total. The van der Waals surface area contributed by atoms with Crippen LogP contribution in [0.25, 0.3) is 6.08 Å². The van der Waals surface area contributed by atoms with Crippen molar-refractivity contribution in [1.29, 1.82) is 5.26 Å².